The van der Waals surface area contributed by atoms with Gasteiger partial charge in [0.2, 0.25) is 5.69 Å². The summed E-state index contributed by atoms with van der Waals surface area (Å²) < 4.78 is 8.38. The summed E-state index contributed by atoms with van der Waals surface area (Å²) in [7, 11) is 1.82. The lowest BCUT2D eigenvalue weighted by molar-refractivity contribution is -0.764. The first-order valence-electron chi connectivity index (χ1n) is 11.6. The summed E-state index contributed by atoms with van der Waals surface area (Å²) in [5.41, 5.74) is 8.59. The number of aryl methyl sites for hydroxylation is 1. The van der Waals surface area contributed by atoms with Crippen molar-refractivity contribution in [2.75, 3.05) is 13.7 Å². The largest absolute Gasteiger partial charge is 0.377 e. The minimum atomic E-state index is -0.247. The molecule has 0 radical (unpaired) electrons. The Labute approximate surface area is 190 Å². The van der Waals surface area contributed by atoms with Gasteiger partial charge in [0.1, 0.15) is 6.61 Å². The first kappa shape index (κ1) is 19.9. The second kappa shape index (κ2) is 5.96. The second-order valence-electron chi connectivity index (χ2n) is 11.0. The van der Waals surface area contributed by atoms with Gasteiger partial charge >= 0.3 is 0 Å². The highest BCUT2D eigenvalue weighted by Crippen LogP contribution is 2.57. The van der Waals surface area contributed by atoms with E-state index in [2.05, 4.69) is 94.8 Å². The van der Waals surface area contributed by atoms with E-state index in [1.165, 1.54) is 44.1 Å². The van der Waals surface area contributed by atoms with E-state index in [9.17, 15) is 0 Å². The Morgan fingerprint density at radius 2 is 1.72 bits per heavy atom. The smallest absolute Gasteiger partial charge is 0.223 e. The van der Waals surface area contributed by atoms with Crippen LogP contribution >= 0.6 is 0 Å². The zero-order valence-electron chi connectivity index (χ0n) is 20.1. The van der Waals surface area contributed by atoms with Crippen LogP contribution in [0.5, 0.6) is 0 Å². The average molecular weight is 424 g/mol. The lowest BCUT2D eigenvalue weighted by Gasteiger charge is -2.48. The number of fused-ring (bicyclic) bond motifs is 2. The van der Waals surface area contributed by atoms with Crippen LogP contribution < -0.4 is 4.57 Å². The summed E-state index contributed by atoms with van der Waals surface area (Å²) in [6, 6.07) is 15.8. The Bertz CT molecular complexity index is 1460. The average Bonchev–Trinajstić information content (AvgIpc) is 2.74. The second-order valence-corrected chi connectivity index (χ2v) is 11.0. The molecule has 1 atom stereocenters. The predicted molar refractivity (Wildman–Crippen MR) is 130 cm³/mol. The summed E-state index contributed by atoms with van der Waals surface area (Å²) >= 11 is 0. The van der Waals surface area contributed by atoms with Crippen LogP contribution in [0.15, 0.2) is 48.7 Å². The van der Waals surface area contributed by atoms with Crippen LogP contribution in [0.2, 0.25) is 0 Å². The van der Waals surface area contributed by atoms with Gasteiger partial charge in [-0.1, -0.05) is 38.1 Å². The van der Waals surface area contributed by atoms with E-state index in [0.29, 0.717) is 6.61 Å². The van der Waals surface area contributed by atoms with Gasteiger partial charge in [0.25, 0.3) is 0 Å². The van der Waals surface area contributed by atoms with Gasteiger partial charge in [-0.25, -0.2) is 0 Å². The lowest BCUT2D eigenvalue weighted by Crippen LogP contribution is -2.69. The first-order valence-corrected chi connectivity index (χ1v) is 11.6. The number of benzene rings is 2. The Balaban J connectivity index is 1.95. The summed E-state index contributed by atoms with van der Waals surface area (Å²) in [5.74, 6) is 0. The van der Waals surface area contributed by atoms with Gasteiger partial charge in [-0.05, 0) is 60.4 Å². The molecule has 0 fully saturated rings. The van der Waals surface area contributed by atoms with Crippen LogP contribution in [0.1, 0.15) is 57.0 Å². The van der Waals surface area contributed by atoms with Crippen LogP contribution in [0.3, 0.4) is 0 Å². The monoisotopic (exact) mass is 423 g/mol. The molecule has 3 heteroatoms. The molecule has 1 aliphatic carbocycles. The number of hydrogen-bond acceptors (Lipinski definition) is 2. The molecule has 32 heavy (non-hydrogen) atoms. The molecule has 0 bridgehead atoms. The van der Waals surface area contributed by atoms with Crippen molar-refractivity contribution in [1.29, 1.82) is 0 Å². The summed E-state index contributed by atoms with van der Waals surface area (Å²) in [6.07, 6.45) is 2.24. The molecule has 1 aliphatic heterocycles. The maximum absolute atomic E-state index is 5.88. The molecule has 3 heterocycles. The third-order valence-electron chi connectivity index (χ3n) is 8.60. The Morgan fingerprint density at radius 3 is 2.47 bits per heavy atom. The predicted octanol–water partition coefficient (Wildman–Crippen LogP) is 5.94. The van der Waals surface area contributed by atoms with Crippen molar-refractivity contribution >= 4 is 21.7 Å². The highest BCUT2D eigenvalue weighted by molar-refractivity contribution is 6.04. The van der Waals surface area contributed by atoms with E-state index in [1.807, 2.05) is 7.11 Å². The third kappa shape index (κ3) is 2.11. The minimum Gasteiger partial charge on any atom is -0.377 e. The van der Waals surface area contributed by atoms with Crippen molar-refractivity contribution in [1.82, 2.24) is 4.98 Å². The van der Waals surface area contributed by atoms with E-state index in [-0.39, 0.29) is 16.4 Å². The molecule has 0 saturated carbocycles. The van der Waals surface area contributed by atoms with Crippen LogP contribution in [0.4, 0.5) is 0 Å². The maximum Gasteiger partial charge on any atom is 0.223 e. The molecule has 1 unspecified atom stereocenters. The number of pyridine rings is 2. The van der Waals surface area contributed by atoms with E-state index in [1.54, 1.807) is 0 Å². The molecular formula is C29H31N2O+. The number of rotatable bonds is 2. The normalized spacial score (nSPS) is 21.8. The fraction of sp³-hybridized carbons (Fsp3) is 0.379. The molecule has 2 aromatic carbocycles. The summed E-state index contributed by atoms with van der Waals surface area (Å²) in [4.78, 5) is 4.96. The molecule has 0 saturated heterocycles. The molecule has 4 aromatic rings. The third-order valence-corrected chi connectivity index (χ3v) is 8.60. The molecule has 3 nitrogen and oxygen atoms in total. The fourth-order valence-electron chi connectivity index (χ4n) is 6.54. The lowest BCUT2D eigenvalue weighted by atomic mass is 9.58. The standard InChI is InChI=1S/C29H31N2O/c1-17-14-20-23-22(30-17)12-13-31-26(23)24-21(27(20,2)3)15-18-10-8-9-11-19(18)25(24)28(4,5)29(31,6)16-32-7/h8-15H,16H2,1-7H3/q+1. The molecule has 0 spiro atoms. The van der Waals surface area contributed by atoms with Crippen molar-refractivity contribution < 1.29 is 9.30 Å². The van der Waals surface area contributed by atoms with Gasteiger partial charge in [0, 0.05) is 31.2 Å². The van der Waals surface area contributed by atoms with Crippen molar-refractivity contribution in [3.8, 4) is 11.3 Å². The van der Waals surface area contributed by atoms with Gasteiger partial charge in [0.05, 0.1) is 21.9 Å². The minimum absolute atomic E-state index is 0.114. The molecule has 162 valence electrons. The molecule has 0 N–H and O–H groups in total. The van der Waals surface area contributed by atoms with Crippen molar-refractivity contribution in [3.05, 3.63) is 71.0 Å². The Kier molecular flexibility index (Phi) is 3.70. The topological polar surface area (TPSA) is 26.0 Å². The van der Waals surface area contributed by atoms with Gasteiger partial charge in [-0.3, -0.25) is 4.98 Å². The van der Waals surface area contributed by atoms with Crippen molar-refractivity contribution in [3.63, 3.8) is 0 Å². The molecular weight excluding hydrogens is 392 g/mol. The van der Waals surface area contributed by atoms with Gasteiger partial charge in [-0.2, -0.15) is 4.57 Å². The SMILES string of the molecule is COCC1(C)[n+]2ccc3nc(C)cc4c3c2-c2c(cc3ccccc3c2C1(C)C)C4(C)C. The zero-order chi connectivity index (χ0) is 22.6. The first-order chi connectivity index (χ1) is 15.1. The molecule has 6 rings (SSSR count). The number of hydrogen-bond donors (Lipinski definition) is 0. The number of methoxy groups -OCH3 is 1. The summed E-state index contributed by atoms with van der Waals surface area (Å²) in [6.45, 7) is 14.6. The molecule has 2 aliphatic rings. The Morgan fingerprint density at radius 1 is 0.969 bits per heavy atom. The maximum atomic E-state index is 5.88. The quantitative estimate of drug-likeness (QED) is 0.373. The number of nitrogens with zero attached hydrogens (tertiary/aromatic N) is 2. The van der Waals surface area contributed by atoms with E-state index >= 15 is 0 Å². The van der Waals surface area contributed by atoms with Crippen LogP contribution in [0.25, 0.3) is 32.9 Å². The fourth-order valence-corrected chi connectivity index (χ4v) is 6.54. The molecule has 0 amide bonds. The zero-order valence-corrected chi connectivity index (χ0v) is 20.1. The van der Waals surface area contributed by atoms with Crippen molar-refractivity contribution in [2.45, 2.75) is 57.9 Å². The number of aromatic nitrogens is 2. The van der Waals surface area contributed by atoms with E-state index < -0.39 is 0 Å². The highest BCUT2D eigenvalue weighted by Gasteiger charge is 2.59. The van der Waals surface area contributed by atoms with Gasteiger partial charge in [-0.15, -0.1) is 0 Å². The summed E-state index contributed by atoms with van der Waals surface area (Å²) in [5, 5.41) is 3.96. The van der Waals surface area contributed by atoms with Crippen LogP contribution in [-0.2, 0) is 21.1 Å². The van der Waals surface area contributed by atoms with Gasteiger partial charge in [0.15, 0.2) is 11.7 Å². The number of ether oxygens (including phenoxy) is 1. The highest BCUT2D eigenvalue weighted by atomic mass is 16.5. The van der Waals surface area contributed by atoms with E-state index in [0.717, 1.165) is 11.2 Å². The molecule has 2 aromatic heterocycles. The Hall–Kier alpha value is -2.78. The van der Waals surface area contributed by atoms with Crippen LogP contribution in [0, 0.1) is 6.92 Å². The van der Waals surface area contributed by atoms with Crippen LogP contribution in [-0.4, -0.2) is 18.7 Å². The van der Waals surface area contributed by atoms with E-state index in [4.69, 9.17) is 9.72 Å². The van der Waals surface area contributed by atoms with Gasteiger partial charge < -0.3 is 4.74 Å². The van der Waals surface area contributed by atoms with Crippen molar-refractivity contribution in [2.24, 2.45) is 0 Å².